The number of aliphatic carboxylic acids is 1. The quantitative estimate of drug-likeness (QED) is 0.333. The molecule has 5 aliphatic rings. The lowest BCUT2D eigenvalue weighted by Crippen LogP contribution is -2.66. The van der Waals surface area contributed by atoms with Crippen LogP contribution in [0, 0.1) is 28.6 Å². The molecule has 5 atom stereocenters. The summed E-state index contributed by atoms with van der Waals surface area (Å²) in [5.41, 5.74) is 0.729. The Morgan fingerprint density at radius 3 is 2.31 bits per heavy atom. The molecule has 3 aliphatic heterocycles. The molecule has 13 nitrogen and oxygen atoms in total. The summed E-state index contributed by atoms with van der Waals surface area (Å²) in [5, 5.41) is 17.5. The number of likely N-dealkylation sites (tertiary alicyclic amines) is 3. The van der Waals surface area contributed by atoms with E-state index in [-0.39, 0.29) is 42.1 Å². The van der Waals surface area contributed by atoms with Crippen LogP contribution in [0.15, 0.2) is 42.7 Å². The van der Waals surface area contributed by atoms with Crippen LogP contribution >= 0.6 is 0 Å². The fraction of sp³-hybridized carbons (Fsp3) is 0.659. The second kappa shape index (κ2) is 15.5. The number of rotatable bonds is 12. The van der Waals surface area contributed by atoms with E-state index in [1.165, 1.54) is 11.3 Å². The van der Waals surface area contributed by atoms with Gasteiger partial charge in [0.15, 0.2) is 0 Å². The normalized spacial score (nSPS) is 25.8. The lowest BCUT2D eigenvalue weighted by molar-refractivity contribution is -0.157. The largest absolute Gasteiger partial charge is 0.480 e. The highest BCUT2D eigenvalue weighted by Gasteiger charge is 2.62. The van der Waals surface area contributed by atoms with E-state index in [0.29, 0.717) is 63.5 Å². The van der Waals surface area contributed by atoms with Gasteiger partial charge < -0.3 is 29.9 Å². The average Bonchev–Trinajstić information content (AvgIpc) is 3.45. The van der Waals surface area contributed by atoms with Crippen LogP contribution in [0.4, 0.5) is 0 Å². The number of hydrogen-bond donors (Lipinski definition) is 2. The SMILES string of the molecule is C[C@@H](OCC1CCCCC1)[C@H](NC(=O)[C@@H]1CN(C(=O)c2cnn(Cc3ccccc3)c2)CC12CN(C(=O)[C@H]1CC1(C)C)C2)C(=O)N1CCCC[C@H]1C(=O)O. The van der Waals surface area contributed by atoms with E-state index in [1.807, 2.05) is 35.2 Å². The molecule has 0 radical (unpaired) electrons. The monoisotopic (exact) mass is 744 g/mol. The summed E-state index contributed by atoms with van der Waals surface area (Å²) in [4.78, 5) is 73.5. The number of carbonyl (C=O) groups is 5. The van der Waals surface area contributed by atoms with E-state index < -0.39 is 41.4 Å². The zero-order chi connectivity index (χ0) is 38.2. The van der Waals surface area contributed by atoms with E-state index in [2.05, 4.69) is 24.3 Å². The van der Waals surface area contributed by atoms with Crippen LogP contribution in [0.25, 0.3) is 0 Å². The van der Waals surface area contributed by atoms with E-state index in [1.54, 1.807) is 28.9 Å². The molecule has 7 rings (SSSR count). The first kappa shape index (κ1) is 38.0. The van der Waals surface area contributed by atoms with Gasteiger partial charge in [-0.25, -0.2) is 4.79 Å². The molecule has 1 aromatic carbocycles. The Morgan fingerprint density at radius 1 is 0.944 bits per heavy atom. The standard InChI is InChI=1S/C41H56N6O7/c1-27(54-23-29-14-8-5-9-15-29)34(38(51)47-17-11-10-16-33(47)39(52)53)43-35(48)32-22-44(24-41(32)25-45(26-41)37(50)31-18-40(31,2)3)36(49)30-19-42-46(21-30)20-28-12-6-4-7-13-28/h4,6-7,12-13,19,21,27,29,31-34H,5,8-11,14-18,20,22-26H2,1-3H3,(H,43,48)(H,52,53)/t27-,31-,32+,33+,34+/m1/s1. The molecule has 0 bridgehead atoms. The first-order valence-corrected chi connectivity index (χ1v) is 19.9. The van der Waals surface area contributed by atoms with Crippen molar-refractivity contribution >= 4 is 29.6 Å². The van der Waals surface area contributed by atoms with Crippen molar-refractivity contribution in [2.75, 3.05) is 39.3 Å². The summed E-state index contributed by atoms with van der Waals surface area (Å²) in [6, 6.07) is 7.77. The predicted molar refractivity (Wildman–Crippen MR) is 199 cm³/mol. The van der Waals surface area contributed by atoms with E-state index >= 15 is 0 Å². The molecule has 3 saturated heterocycles. The average molecular weight is 745 g/mol. The lowest BCUT2D eigenvalue weighted by atomic mass is 9.70. The minimum absolute atomic E-state index is 0.0438. The second-order valence-electron chi connectivity index (χ2n) is 17.4. The number of carboxylic acid groups (broad SMARTS) is 1. The Hall–Kier alpha value is -4.26. The van der Waals surface area contributed by atoms with Gasteiger partial charge in [-0.2, -0.15) is 5.10 Å². The zero-order valence-corrected chi connectivity index (χ0v) is 32.0. The van der Waals surface area contributed by atoms with Crippen LogP contribution in [0.5, 0.6) is 0 Å². The smallest absolute Gasteiger partial charge is 0.326 e. The fourth-order valence-electron chi connectivity index (χ4n) is 9.30. The van der Waals surface area contributed by atoms with Gasteiger partial charge in [0.25, 0.3) is 5.91 Å². The number of carbonyl (C=O) groups excluding carboxylic acids is 4. The molecule has 13 heteroatoms. The number of amides is 4. The maximum Gasteiger partial charge on any atom is 0.326 e. The summed E-state index contributed by atoms with van der Waals surface area (Å²) >= 11 is 0. The molecule has 1 spiro atoms. The van der Waals surface area contributed by atoms with E-state index in [9.17, 15) is 29.1 Å². The third-order valence-corrected chi connectivity index (χ3v) is 12.9. The minimum atomic E-state index is -1.11. The van der Waals surface area contributed by atoms with Crippen molar-refractivity contribution in [2.24, 2.45) is 28.6 Å². The van der Waals surface area contributed by atoms with Crippen molar-refractivity contribution in [2.45, 2.75) is 103 Å². The summed E-state index contributed by atoms with van der Waals surface area (Å²) in [6.07, 6.45) is 10.7. The number of hydrogen-bond acceptors (Lipinski definition) is 7. The van der Waals surface area contributed by atoms with Gasteiger partial charge in [0.2, 0.25) is 17.7 Å². The van der Waals surface area contributed by atoms with Crippen molar-refractivity contribution in [3.8, 4) is 0 Å². The molecule has 2 aliphatic carbocycles. The molecule has 0 unspecified atom stereocenters. The Kier molecular flexibility index (Phi) is 10.9. The molecule has 4 amide bonds. The molecule has 54 heavy (non-hydrogen) atoms. The Labute approximate surface area is 317 Å². The second-order valence-corrected chi connectivity index (χ2v) is 17.4. The molecular formula is C41H56N6O7. The van der Waals surface area contributed by atoms with Crippen LogP contribution in [0.3, 0.4) is 0 Å². The van der Waals surface area contributed by atoms with Crippen molar-refractivity contribution < 1.29 is 33.8 Å². The molecule has 4 heterocycles. The Morgan fingerprint density at radius 2 is 1.63 bits per heavy atom. The number of nitrogens with one attached hydrogen (secondary N) is 1. The van der Waals surface area contributed by atoms with Gasteiger partial charge in [-0.1, -0.05) is 63.4 Å². The predicted octanol–water partition coefficient (Wildman–Crippen LogP) is 3.81. The number of ether oxygens (including phenoxy) is 1. The van der Waals surface area contributed by atoms with Crippen LogP contribution < -0.4 is 5.32 Å². The van der Waals surface area contributed by atoms with Crippen LogP contribution in [-0.4, -0.2) is 117 Å². The van der Waals surface area contributed by atoms with Crippen molar-refractivity contribution in [1.82, 2.24) is 29.8 Å². The van der Waals surface area contributed by atoms with E-state index in [0.717, 1.165) is 37.7 Å². The molecule has 1 aromatic heterocycles. The zero-order valence-electron chi connectivity index (χ0n) is 32.0. The van der Waals surface area contributed by atoms with Crippen molar-refractivity contribution in [1.29, 1.82) is 0 Å². The summed E-state index contributed by atoms with van der Waals surface area (Å²) in [6.45, 7) is 8.29. The number of benzene rings is 1. The summed E-state index contributed by atoms with van der Waals surface area (Å²) < 4.78 is 8.05. The lowest BCUT2D eigenvalue weighted by Gasteiger charge is -2.50. The fourth-order valence-corrected chi connectivity index (χ4v) is 9.30. The highest BCUT2D eigenvalue weighted by Crippen LogP contribution is 2.54. The molecule has 2 saturated carbocycles. The van der Waals surface area contributed by atoms with Crippen LogP contribution in [0.2, 0.25) is 0 Å². The summed E-state index contributed by atoms with van der Waals surface area (Å²) in [5.74, 6) is -2.44. The molecule has 2 N–H and O–H groups in total. The number of piperidine rings is 1. The van der Waals surface area contributed by atoms with Crippen LogP contribution in [0.1, 0.15) is 94.5 Å². The third-order valence-electron chi connectivity index (χ3n) is 12.9. The van der Waals surface area contributed by atoms with Gasteiger partial charge in [0.05, 0.1) is 30.3 Å². The molecule has 5 fully saturated rings. The maximum atomic E-state index is 14.6. The number of aromatic nitrogens is 2. The highest BCUT2D eigenvalue weighted by atomic mass is 16.5. The Balaban J connectivity index is 1.11. The van der Waals surface area contributed by atoms with Crippen LogP contribution in [-0.2, 0) is 30.5 Å². The number of nitrogens with zero attached hydrogens (tertiary/aromatic N) is 5. The highest BCUT2D eigenvalue weighted by molar-refractivity contribution is 5.96. The van der Waals surface area contributed by atoms with Gasteiger partial charge >= 0.3 is 5.97 Å². The minimum Gasteiger partial charge on any atom is -0.480 e. The molecule has 2 aromatic rings. The first-order chi connectivity index (χ1) is 25.8. The first-order valence-electron chi connectivity index (χ1n) is 19.9. The van der Waals surface area contributed by atoms with Gasteiger partial charge in [0, 0.05) is 56.9 Å². The van der Waals surface area contributed by atoms with Crippen molar-refractivity contribution in [3.05, 3.63) is 53.9 Å². The summed E-state index contributed by atoms with van der Waals surface area (Å²) in [7, 11) is 0. The molecular weight excluding hydrogens is 688 g/mol. The third kappa shape index (κ3) is 7.92. The van der Waals surface area contributed by atoms with Crippen molar-refractivity contribution in [3.63, 3.8) is 0 Å². The van der Waals surface area contributed by atoms with Gasteiger partial charge in [-0.05, 0) is 62.3 Å². The number of carboxylic acids is 1. The Bertz CT molecular complexity index is 1710. The van der Waals surface area contributed by atoms with E-state index in [4.69, 9.17) is 4.74 Å². The maximum absolute atomic E-state index is 14.6. The molecule has 292 valence electrons. The van der Waals surface area contributed by atoms with Gasteiger partial charge in [0.1, 0.15) is 12.1 Å². The topological polar surface area (TPSA) is 154 Å². The van der Waals surface area contributed by atoms with Gasteiger partial charge in [-0.3, -0.25) is 23.9 Å². The van der Waals surface area contributed by atoms with Gasteiger partial charge in [-0.15, -0.1) is 0 Å².